The molecule has 29 heavy (non-hydrogen) atoms. The van der Waals surface area contributed by atoms with Crippen LogP contribution >= 0.6 is 11.3 Å². The maximum atomic E-state index is 13.1. The third kappa shape index (κ3) is 3.76. The van der Waals surface area contributed by atoms with Crippen molar-refractivity contribution < 1.29 is 19.2 Å². The largest absolute Gasteiger partial charge is 0.481 e. The molecule has 3 aromatic rings. The van der Waals surface area contributed by atoms with E-state index in [0.29, 0.717) is 53.7 Å². The first-order valence-corrected chi connectivity index (χ1v) is 10.5. The summed E-state index contributed by atoms with van der Waals surface area (Å²) in [6.45, 7) is 5.87. The van der Waals surface area contributed by atoms with Crippen LogP contribution in [0.15, 0.2) is 16.7 Å². The van der Waals surface area contributed by atoms with E-state index in [1.54, 1.807) is 24.3 Å². The van der Waals surface area contributed by atoms with Gasteiger partial charge in [-0.1, -0.05) is 5.16 Å². The number of carbonyl (C=O) groups excluding carboxylic acids is 1. The molecule has 0 saturated heterocycles. The van der Waals surface area contributed by atoms with Crippen molar-refractivity contribution >= 4 is 34.3 Å². The van der Waals surface area contributed by atoms with Crippen molar-refractivity contribution in [2.45, 2.75) is 52.5 Å². The third-order valence-electron chi connectivity index (χ3n) is 5.59. The fourth-order valence-corrected chi connectivity index (χ4v) is 4.98. The zero-order chi connectivity index (χ0) is 20.7. The Bertz CT molecular complexity index is 1090. The number of aryl methyl sites for hydroxylation is 3. The lowest BCUT2D eigenvalue weighted by molar-refractivity contribution is -0.142. The first-order valence-electron chi connectivity index (χ1n) is 9.71. The van der Waals surface area contributed by atoms with Crippen molar-refractivity contribution in [3.8, 4) is 11.3 Å². The van der Waals surface area contributed by atoms with Gasteiger partial charge >= 0.3 is 5.97 Å². The molecule has 0 aliphatic heterocycles. The van der Waals surface area contributed by atoms with Crippen LogP contribution in [-0.4, -0.2) is 33.2 Å². The molecule has 2 N–H and O–H groups in total. The van der Waals surface area contributed by atoms with Crippen molar-refractivity contribution in [3.63, 3.8) is 0 Å². The highest BCUT2D eigenvalue weighted by molar-refractivity contribution is 7.12. The molecule has 0 atom stereocenters. The lowest BCUT2D eigenvalue weighted by Gasteiger charge is -2.26. The summed E-state index contributed by atoms with van der Waals surface area (Å²) >= 11 is 1.69. The van der Waals surface area contributed by atoms with E-state index in [1.165, 1.54) is 4.88 Å². The number of nitrogens with zero attached hydrogens (tertiary/aromatic N) is 2. The first-order chi connectivity index (χ1) is 13.8. The second kappa shape index (κ2) is 7.59. The quantitative estimate of drug-likeness (QED) is 0.662. The molecular formula is C21H23N3O4S. The zero-order valence-corrected chi connectivity index (χ0v) is 17.4. The van der Waals surface area contributed by atoms with Crippen molar-refractivity contribution in [2.75, 3.05) is 0 Å². The monoisotopic (exact) mass is 413 g/mol. The third-order valence-corrected chi connectivity index (χ3v) is 6.56. The SMILES string of the molecule is Cc1cc(-c2cc(C(=O)NC3CCC(C(=O)O)CC3)c3c(C)noc3n2)c(C)s1. The number of aromatic nitrogens is 2. The van der Waals surface area contributed by atoms with E-state index < -0.39 is 5.97 Å². The van der Waals surface area contributed by atoms with E-state index in [4.69, 9.17) is 9.63 Å². The van der Waals surface area contributed by atoms with Gasteiger partial charge in [0.2, 0.25) is 0 Å². The molecule has 1 aliphatic carbocycles. The van der Waals surface area contributed by atoms with Crippen LogP contribution in [0.4, 0.5) is 0 Å². The predicted molar refractivity (Wildman–Crippen MR) is 110 cm³/mol. The van der Waals surface area contributed by atoms with Crippen LogP contribution < -0.4 is 5.32 Å². The number of hydrogen-bond acceptors (Lipinski definition) is 6. The summed E-state index contributed by atoms with van der Waals surface area (Å²) in [4.78, 5) is 31.2. The summed E-state index contributed by atoms with van der Waals surface area (Å²) in [5.74, 6) is -1.27. The van der Waals surface area contributed by atoms with E-state index in [0.717, 1.165) is 10.4 Å². The Morgan fingerprint density at radius 2 is 1.90 bits per heavy atom. The number of amides is 1. The highest BCUT2D eigenvalue weighted by Crippen LogP contribution is 2.33. The minimum atomic E-state index is -0.753. The summed E-state index contributed by atoms with van der Waals surface area (Å²) in [6.07, 6.45) is 2.48. The standard InChI is InChI=1S/C21H23N3O4S/c1-10-8-15(12(3)29-10)17-9-16(18-11(2)24-28-20(18)23-17)19(25)22-14-6-4-13(5-7-14)21(26)27/h8-9,13-14H,4-7H2,1-3H3,(H,22,25)(H,26,27). The van der Waals surface area contributed by atoms with Crippen LogP contribution in [0.1, 0.15) is 51.5 Å². The number of nitrogens with one attached hydrogen (secondary N) is 1. The van der Waals surface area contributed by atoms with Crippen LogP contribution in [0.3, 0.4) is 0 Å². The predicted octanol–water partition coefficient (Wildman–Crippen LogP) is 4.25. The first kappa shape index (κ1) is 19.6. The number of hydrogen-bond donors (Lipinski definition) is 2. The van der Waals surface area contributed by atoms with Gasteiger partial charge in [0.05, 0.1) is 28.3 Å². The van der Waals surface area contributed by atoms with Gasteiger partial charge in [-0.2, -0.15) is 0 Å². The highest BCUT2D eigenvalue weighted by atomic mass is 32.1. The van der Waals surface area contributed by atoms with Crippen LogP contribution in [0.5, 0.6) is 0 Å². The molecule has 4 rings (SSSR count). The number of rotatable bonds is 4. The van der Waals surface area contributed by atoms with Crippen molar-refractivity contribution in [3.05, 3.63) is 33.1 Å². The fraction of sp³-hybridized carbons (Fsp3) is 0.429. The number of carboxylic acid groups (broad SMARTS) is 1. The topological polar surface area (TPSA) is 105 Å². The van der Waals surface area contributed by atoms with Gasteiger partial charge < -0.3 is 14.9 Å². The van der Waals surface area contributed by atoms with Crippen molar-refractivity contribution in [1.29, 1.82) is 0 Å². The molecule has 3 aromatic heterocycles. The molecule has 0 radical (unpaired) electrons. The van der Waals surface area contributed by atoms with Gasteiger partial charge in [0.15, 0.2) is 0 Å². The molecule has 1 saturated carbocycles. The minimum absolute atomic E-state index is 0.0324. The maximum absolute atomic E-state index is 13.1. The number of carbonyl (C=O) groups is 2. The Morgan fingerprint density at radius 1 is 1.17 bits per heavy atom. The van der Waals surface area contributed by atoms with Gasteiger partial charge in [-0.25, -0.2) is 4.98 Å². The van der Waals surface area contributed by atoms with Crippen molar-refractivity contribution in [2.24, 2.45) is 5.92 Å². The Morgan fingerprint density at radius 3 is 2.52 bits per heavy atom. The summed E-state index contributed by atoms with van der Waals surface area (Å²) < 4.78 is 5.38. The molecule has 8 heteroatoms. The Labute approximate surface area is 172 Å². The van der Waals surface area contributed by atoms with E-state index in [-0.39, 0.29) is 17.9 Å². The summed E-state index contributed by atoms with van der Waals surface area (Å²) in [6, 6.07) is 3.83. The lowest BCUT2D eigenvalue weighted by Crippen LogP contribution is -2.38. The van der Waals surface area contributed by atoms with E-state index in [2.05, 4.69) is 21.5 Å². The van der Waals surface area contributed by atoms with Gasteiger partial charge in [0, 0.05) is 21.4 Å². The van der Waals surface area contributed by atoms with Crippen LogP contribution in [-0.2, 0) is 4.79 Å². The zero-order valence-electron chi connectivity index (χ0n) is 16.6. The molecule has 152 valence electrons. The molecule has 0 unspecified atom stereocenters. The molecule has 0 aromatic carbocycles. The Kier molecular flexibility index (Phi) is 5.12. The summed E-state index contributed by atoms with van der Waals surface area (Å²) in [5.41, 5.74) is 3.14. The fourth-order valence-electron chi connectivity index (χ4n) is 4.04. The van der Waals surface area contributed by atoms with Gasteiger partial charge in [0.1, 0.15) is 0 Å². The molecule has 1 aliphatic rings. The Balaban J connectivity index is 1.65. The molecule has 1 amide bonds. The van der Waals surface area contributed by atoms with Crippen LogP contribution in [0, 0.1) is 26.7 Å². The number of carboxylic acids is 1. The molecule has 3 heterocycles. The van der Waals surface area contributed by atoms with Crippen LogP contribution in [0.25, 0.3) is 22.4 Å². The second-order valence-corrected chi connectivity index (χ2v) is 9.15. The summed E-state index contributed by atoms with van der Waals surface area (Å²) in [5, 5.41) is 16.9. The van der Waals surface area contributed by atoms with Gasteiger partial charge in [-0.3, -0.25) is 9.59 Å². The van der Waals surface area contributed by atoms with Crippen molar-refractivity contribution in [1.82, 2.24) is 15.5 Å². The molecule has 0 spiro atoms. The van der Waals surface area contributed by atoms with Gasteiger partial charge in [-0.15, -0.1) is 11.3 Å². The average molecular weight is 413 g/mol. The summed E-state index contributed by atoms with van der Waals surface area (Å²) in [7, 11) is 0. The molecular weight excluding hydrogens is 390 g/mol. The number of thiophene rings is 1. The van der Waals surface area contributed by atoms with Gasteiger partial charge in [0.25, 0.3) is 11.6 Å². The minimum Gasteiger partial charge on any atom is -0.481 e. The Hall–Kier alpha value is -2.74. The highest BCUT2D eigenvalue weighted by Gasteiger charge is 2.28. The van der Waals surface area contributed by atoms with E-state index in [9.17, 15) is 9.59 Å². The maximum Gasteiger partial charge on any atom is 0.306 e. The lowest BCUT2D eigenvalue weighted by atomic mass is 9.86. The number of pyridine rings is 1. The number of fused-ring (bicyclic) bond motifs is 1. The van der Waals surface area contributed by atoms with Crippen LogP contribution in [0.2, 0.25) is 0 Å². The van der Waals surface area contributed by atoms with Gasteiger partial charge in [-0.05, 0) is 58.6 Å². The normalized spacial score (nSPS) is 19.4. The second-order valence-electron chi connectivity index (χ2n) is 7.69. The molecule has 0 bridgehead atoms. The average Bonchev–Trinajstić information content (AvgIpc) is 3.23. The molecule has 7 nitrogen and oxygen atoms in total. The molecule has 1 fully saturated rings. The van der Waals surface area contributed by atoms with E-state index >= 15 is 0 Å². The number of aliphatic carboxylic acids is 1. The van der Waals surface area contributed by atoms with E-state index in [1.807, 2.05) is 13.8 Å². The smallest absolute Gasteiger partial charge is 0.306 e.